The van der Waals surface area contributed by atoms with E-state index in [1.54, 1.807) is 13.0 Å². The van der Waals surface area contributed by atoms with E-state index >= 15 is 0 Å². The first-order valence-electron chi connectivity index (χ1n) is 6.47. The van der Waals surface area contributed by atoms with Gasteiger partial charge in [0.05, 0.1) is 0 Å². The van der Waals surface area contributed by atoms with E-state index in [0.717, 1.165) is 18.4 Å². The molecule has 0 bridgehead atoms. The fourth-order valence-corrected chi connectivity index (χ4v) is 2.19. The van der Waals surface area contributed by atoms with Crippen LogP contribution in [0, 0.1) is 12.7 Å². The van der Waals surface area contributed by atoms with Gasteiger partial charge in [-0.05, 0) is 42.5 Å². The maximum atomic E-state index is 13.3. The van der Waals surface area contributed by atoms with E-state index in [9.17, 15) is 4.39 Å². The quantitative estimate of drug-likeness (QED) is 0.638. The molecule has 3 N–H and O–H groups in total. The van der Waals surface area contributed by atoms with Crippen LogP contribution in [0.3, 0.4) is 0 Å². The van der Waals surface area contributed by atoms with E-state index in [1.807, 2.05) is 24.3 Å². The monoisotopic (exact) mass is 258 g/mol. The molecule has 1 unspecified atom stereocenters. The Morgan fingerprint density at radius 3 is 2.53 bits per heavy atom. The molecule has 100 valence electrons. The van der Waals surface area contributed by atoms with Crippen LogP contribution in [-0.2, 0) is 6.42 Å². The van der Waals surface area contributed by atoms with Gasteiger partial charge in [-0.2, -0.15) is 0 Å². The Kier molecular flexibility index (Phi) is 4.66. The summed E-state index contributed by atoms with van der Waals surface area (Å²) in [5.74, 6) is 5.44. The van der Waals surface area contributed by atoms with Crippen molar-refractivity contribution in [3.05, 3.63) is 71.0 Å². The molecule has 0 fully saturated rings. The fraction of sp³-hybridized carbons (Fsp3) is 0.250. The summed E-state index contributed by atoms with van der Waals surface area (Å²) in [5, 5.41) is 0. The summed E-state index contributed by atoms with van der Waals surface area (Å²) in [6.45, 7) is 1.77. The van der Waals surface area contributed by atoms with Crippen LogP contribution in [0.5, 0.6) is 0 Å². The molecule has 0 amide bonds. The molecule has 2 aromatic carbocycles. The largest absolute Gasteiger partial charge is 0.271 e. The van der Waals surface area contributed by atoms with Crippen LogP contribution in [0.4, 0.5) is 4.39 Å². The van der Waals surface area contributed by atoms with Gasteiger partial charge >= 0.3 is 0 Å². The summed E-state index contributed by atoms with van der Waals surface area (Å²) in [6, 6.07) is 15.4. The second-order valence-electron chi connectivity index (χ2n) is 4.75. The van der Waals surface area contributed by atoms with Crippen molar-refractivity contribution in [2.45, 2.75) is 25.8 Å². The van der Waals surface area contributed by atoms with Gasteiger partial charge < -0.3 is 0 Å². The minimum absolute atomic E-state index is 0.0412. The zero-order valence-electron chi connectivity index (χ0n) is 11.1. The molecule has 0 spiro atoms. The SMILES string of the molecule is Cc1cc(C(CCc2ccccc2)NN)ccc1F. The van der Waals surface area contributed by atoms with Gasteiger partial charge in [0.1, 0.15) is 5.82 Å². The highest BCUT2D eigenvalue weighted by Crippen LogP contribution is 2.20. The van der Waals surface area contributed by atoms with Gasteiger partial charge in [-0.3, -0.25) is 11.3 Å². The number of hydrogen-bond acceptors (Lipinski definition) is 2. The van der Waals surface area contributed by atoms with Gasteiger partial charge in [-0.1, -0.05) is 42.5 Å². The Morgan fingerprint density at radius 2 is 1.89 bits per heavy atom. The lowest BCUT2D eigenvalue weighted by Gasteiger charge is -2.17. The molecule has 0 aliphatic rings. The molecule has 0 aliphatic heterocycles. The van der Waals surface area contributed by atoms with Crippen LogP contribution in [0.15, 0.2) is 48.5 Å². The van der Waals surface area contributed by atoms with Gasteiger partial charge in [-0.25, -0.2) is 4.39 Å². The molecule has 3 heteroatoms. The summed E-state index contributed by atoms with van der Waals surface area (Å²) in [5.41, 5.74) is 5.77. The molecule has 19 heavy (non-hydrogen) atoms. The zero-order valence-corrected chi connectivity index (χ0v) is 11.1. The lowest BCUT2D eigenvalue weighted by atomic mass is 9.98. The van der Waals surface area contributed by atoms with E-state index in [4.69, 9.17) is 5.84 Å². The zero-order chi connectivity index (χ0) is 13.7. The van der Waals surface area contributed by atoms with Crippen LogP contribution in [0.1, 0.15) is 29.2 Å². The fourth-order valence-electron chi connectivity index (χ4n) is 2.19. The van der Waals surface area contributed by atoms with Gasteiger partial charge in [0.2, 0.25) is 0 Å². The third kappa shape index (κ3) is 3.63. The van der Waals surface area contributed by atoms with Crippen molar-refractivity contribution in [3.8, 4) is 0 Å². The Hall–Kier alpha value is -1.71. The van der Waals surface area contributed by atoms with Crippen molar-refractivity contribution < 1.29 is 4.39 Å². The summed E-state index contributed by atoms with van der Waals surface area (Å²) in [7, 11) is 0. The average Bonchev–Trinajstić information content (AvgIpc) is 2.44. The highest BCUT2D eigenvalue weighted by Gasteiger charge is 2.11. The first-order valence-corrected chi connectivity index (χ1v) is 6.47. The highest BCUT2D eigenvalue weighted by atomic mass is 19.1. The van der Waals surface area contributed by atoms with Crippen LogP contribution in [0.2, 0.25) is 0 Å². The third-order valence-electron chi connectivity index (χ3n) is 3.35. The van der Waals surface area contributed by atoms with Gasteiger partial charge in [-0.15, -0.1) is 0 Å². The van der Waals surface area contributed by atoms with E-state index in [-0.39, 0.29) is 11.9 Å². The lowest BCUT2D eigenvalue weighted by molar-refractivity contribution is 0.514. The van der Waals surface area contributed by atoms with Crippen molar-refractivity contribution in [2.24, 2.45) is 5.84 Å². The molecular weight excluding hydrogens is 239 g/mol. The number of hydrazine groups is 1. The topological polar surface area (TPSA) is 38.0 Å². The Morgan fingerprint density at radius 1 is 1.16 bits per heavy atom. The molecule has 0 heterocycles. The summed E-state index contributed by atoms with van der Waals surface area (Å²) in [6.07, 6.45) is 1.82. The smallest absolute Gasteiger partial charge is 0.126 e. The van der Waals surface area contributed by atoms with Crippen LogP contribution >= 0.6 is 0 Å². The van der Waals surface area contributed by atoms with Crippen LogP contribution in [-0.4, -0.2) is 0 Å². The number of nitrogens with two attached hydrogens (primary N) is 1. The van der Waals surface area contributed by atoms with Crippen molar-refractivity contribution in [1.82, 2.24) is 5.43 Å². The summed E-state index contributed by atoms with van der Waals surface area (Å²) >= 11 is 0. The number of hydrogen-bond donors (Lipinski definition) is 2. The van der Waals surface area contributed by atoms with E-state index in [2.05, 4.69) is 17.6 Å². The van der Waals surface area contributed by atoms with Crippen LogP contribution < -0.4 is 11.3 Å². The second-order valence-corrected chi connectivity index (χ2v) is 4.75. The first-order chi connectivity index (χ1) is 9.20. The average molecular weight is 258 g/mol. The molecular formula is C16H19FN2. The normalized spacial score (nSPS) is 12.4. The number of benzene rings is 2. The second kappa shape index (κ2) is 6.45. The van der Waals surface area contributed by atoms with Gasteiger partial charge in [0.25, 0.3) is 0 Å². The van der Waals surface area contributed by atoms with Gasteiger partial charge in [0.15, 0.2) is 0 Å². The number of rotatable bonds is 5. The maximum absolute atomic E-state index is 13.3. The minimum Gasteiger partial charge on any atom is -0.271 e. The van der Waals surface area contributed by atoms with Crippen LogP contribution in [0.25, 0.3) is 0 Å². The van der Waals surface area contributed by atoms with E-state index in [1.165, 1.54) is 11.6 Å². The molecule has 0 saturated carbocycles. The number of nitrogens with one attached hydrogen (secondary N) is 1. The molecule has 0 radical (unpaired) electrons. The van der Waals surface area contributed by atoms with Gasteiger partial charge in [0, 0.05) is 6.04 Å². The molecule has 0 aliphatic carbocycles. The van der Waals surface area contributed by atoms with Crippen molar-refractivity contribution in [1.29, 1.82) is 0 Å². The van der Waals surface area contributed by atoms with E-state index < -0.39 is 0 Å². The minimum atomic E-state index is -0.178. The molecule has 0 aromatic heterocycles. The van der Waals surface area contributed by atoms with Crippen molar-refractivity contribution >= 4 is 0 Å². The van der Waals surface area contributed by atoms with E-state index in [0.29, 0.717) is 5.56 Å². The molecule has 1 atom stereocenters. The number of aryl methyl sites for hydroxylation is 2. The van der Waals surface area contributed by atoms with Crippen molar-refractivity contribution in [2.75, 3.05) is 0 Å². The Bertz CT molecular complexity index is 526. The summed E-state index contributed by atoms with van der Waals surface area (Å²) in [4.78, 5) is 0. The first kappa shape index (κ1) is 13.7. The predicted octanol–water partition coefficient (Wildman–Crippen LogP) is 3.27. The third-order valence-corrected chi connectivity index (χ3v) is 3.35. The Balaban J connectivity index is 2.05. The Labute approximate surface area is 113 Å². The highest BCUT2D eigenvalue weighted by molar-refractivity contribution is 5.27. The summed E-state index contributed by atoms with van der Waals surface area (Å²) < 4.78 is 13.3. The van der Waals surface area contributed by atoms with Crippen molar-refractivity contribution in [3.63, 3.8) is 0 Å². The predicted molar refractivity (Wildman–Crippen MR) is 76.0 cm³/mol. The molecule has 2 nitrogen and oxygen atoms in total. The molecule has 2 rings (SSSR count). The lowest BCUT2D eigenvalue weighted by Crippen LogP contribution is -2.28. The molecule has 0 saturated heterocycles. The molecule has 2 aromatic rings. The maximum Gasteiger partial charge on any atom is 0.126 e. The standard InChI is InChI=1S/C16H19FN2/c1-12-11-14(8-9-15(12)17)16(19-18)10-7-13-5-3-2-4-6-13/h2-6,8-9,11,16,19H,7,10,18H2,1H3. The number of halogens is 1.